The summed E-state index contributed by atoms with van der Waals surface area (Å²) in [6.45, 7) is 6.39. The summed E-state index contributed by atoms with van der Waals surface area (Å²) in [6, 6.07) is 8.01. The van der Waals surface area contributed by atoms with Crippen molar-refractivity contribution in [3.63, 3.8) is 0 Å². The number of hydrogen-bond acceptors (Lipinski definition) is 1. The van der Waals surface area contributed by atoms with Gasteiger partial charge in [0, 0.05) is 5.56 Å². The van der Waals surface area contributed by atoms with E-state index in [0.29, 0.717) is 5.92 Å². The van der Waals surface area contributed by atoms with Gasteiger partial charge in [-0.3, -0.25) is 4.79 Å². The largest absolute Gasteiger partial charge is 0.293 e. The maximum Gasteiger partial charge on any atom is 0.176 e. The topological polar surface area (TPSA) is 17.1 Å². The lowest BCUT2D eigenvalue weighted by Gasteiger charge is -2.10. The van der Waals surface area contributed by atoms with Gasteiger partial charge >= 0.3 is 0 Å². The number of benzene rings is 1. The first-order valence-electron chi connectivity index (χ1n) is 5.88. The molecule has 0 radical (unpaired) electrons. The van der Waals surface area contributed by atoms with Crippen LogP contribution in [0.4, 0.5) is 0 Å². The van der Waals surface area contributed by atoms with E-state index in [2.05, 4.69) is 41.9 Å². The van der Waals surface area contributed by atoms with Gasteiger partial charge in [-0.25, -0.2) is 0 Å². The monoisotopic (exact) mass is 282 g/mol. The fraction of sp³-hybridized carbons (Fsp3) is 0.500. The Morgan fingerprint density at radius 2 is 1.75 bits per heavy atom. The molecule has 0 aliphatic carbocycles. The molecule has 2 unspecified atom stereocenters. The van der Waals surface area contributed by atoms with Crippen molar-refractivity contribution < 1.29 is 4.79 Å². The van der Waals surface area contributed by atoms with Crippen molar-refractivity contribution in [2.45, 2.75) is 44.4 Å². The summed E-state index contributed by atoms with van der Waals surface area (Å²) in [7, 11) is 0. The molecule has 2 heteroatoms. The maximum absolute atomic E-state index is 11.9. The number of ketones is 1. The standard InChI is InChI=1S/C14H19BrO/c1-4-10(3)11-6-8-12(9-7-11)14(16)13(15)5-2/h6-10,13H,4-5H2,1-3H3. The molecule has 0 N–H and O–H groups in total. The van der Waals surface area contributed by atoms with E-state index in [1.165, 1.54) is 5.56 Å². The second-order valence-corrected chi connectivity index (χ2v) is 5.28. The van der Waals surface area contributed by atoms with Gasteiger partial charge in [-0.2, -0.15) is 0 Å². The summed E-state index contributed by atoms with van der Waals surface area (Å²) in [6.07, 6.45) is 1.95. The summed E-state index contributed by atoms with van der Waals surface area (Å²) in [4.78, 5) is 11.8. The highest BCUT2D eigenvalue weighted by Gasteiger charge is 2.14. The Labute approximate surface area is 106 Å². The quantitative estimate of drug-likeness (QED) is 0.572. The highest BCUT2D eigenvalue weighted by atomic mass is 79.9. The third kappa shape index (κ3) is 3.18. The highest BCUT2D eigenvalue weighted by Crippen LogP contribution is 2.20. The van der Waals surface area contributed by atoms with E-state index in [0.717, 1.165) is 18.4 Å². The number of rotatable bonds is 5. The number of alkyl halides is 1. The summed E-state index contributed by atoms with van der Waals surface area (Å²) in [5, 5.41) is 0. The number of Topliss-reactive ketones (excluding diaryl/α,β-unsaturated/α-hetero) is 1. The van der Waals surface area contributed by atoms with Gasteiger partial charge in [0.05, 0.1) is 4.83 Å². The van der Waals surface area contributed by atoms with E-state index in [1.54, 1.807) is 0 Å². The Morgan fingerprint density at radius 1 is 1.19 bits per heavy atom. The minimum absolute atomic E-state index is 0.0538. The molecule has 16 heavy (non-hydrogen) atoms. The molecule has 0 saturated heterocycles. The predicted molar refractivity (Wildman–Crippen MR) is 72.5 cm³/mol. The van der Waals surface area contributed by atoms with E-state index in [-0.39, 0.29) is 10.6 Å². The van der Waals surface area contributed by atoms with Crippen LogP contribution in [0.2, 0.25) is 0 Å². The average molecular weight is 283 g/mol. The molecule has 0 spiro atoms. The molecule has 1 nitrogen and oxygen atoms in total. The van der Waals surface area contributed by atoms with Crippen molar-refractivity contribution in [2.75, 3.05) is 0 Å². The van der Waals surface area contributed by atoms with Crippen molar-refractivity contribution in [1.82, 2.24) is 0 Å². The van der Waals surface area contributed by atoms with Gasteiger partial charge in [-0.15, -0.1) is 0 Å². The van der Waals surface area contributed by atoms with E-state index in [1.807, 2.05) is 19.1 Å². The lowest BCUT2D eigenvalue weighted by atomic mass is 9.96. The number of carbonyl (C=O) groups excluding carboxylic acids is 1. The van der Waals surface area contributed by atoms with Crippen molar-refractivity contribution in [3.8, 4) is 0 Å². The van der Waals surface area contributed by atoms with Crippen molar-refractivity contribution >= 4 is 21.7 Å². The Hall–Kier alpha value is -0.630. The van der Waals surface area contributed by atoms with Crippen LogP contribution in [-0.2, 0) is 0 Å². The van der Waals surface area contributed by atoms with Crippen LogP contribution in [0.25, 0.3) is 0 Å². The second kappa shape index (κ2) is 6.19. The molecule has 1 aromatic rings. The molecule has 0 aromatic heterocycles. The van der Waals surface area contributed by atoms with Gasteiger partial charge in [0.25, 0.3) is 0 Å². The summed E-state index contributed by atoms with van der Waals surface area (Å²) < 4.78 is 0. The predicted octanol–water partition coefficient (Wildman–Crippen LogP) is 4.56. The third-order valence-corrected chi connectivity index (χ3v) is 4.08. The molecule has 88 valence electrons. The SMILES string of the molecule is CCC(Br)C(=O)c1ccc(C(C)CC)cc1. The van der Waals surface area contributed by atoms with Gasteiger partial charge in [0.1, 0.15) is 0 Å². The van der Waals surface area contributed by atoms with Gasteiger partial charge in [-0.05, 0) is 24.3 Å². The molecule has 0 aliphatic heterocycles. The first-order valence-corrected chi connectivity index (χ1v) is 6.79. The van der Waals surface area contributed by atoms with Crippen molar-refractivity contribution in [3.05, 3.63) is 35.4 Å². The van der Waals surface area contributed by atoms with Crippen LogP contribution in [0.3, 0.4) is 0 Å². The minimum atomic E-state index is -0.0538. The number of halogens is 1. The normalized spacial score (nSPS) is 14.5. The molecule has 2 atom stereocenters. The van der Waals surface area contributed by atoms with Crippen molar-refractivity contribution in [1.29, 1.82) is 0 Å². The van der Waals surface area contributed by atoms with Crippen molar-refractivity contribution in [2.24, 2.45) is 0 Å². The zero-order valence-corrected chi connectivity index (χ0v) is 11.8. The van der Waals surface area contributed by atoms with Gasteiger partial charge in [0.15, 0.2) is 5.78 Å². The molecular formula is C14H19BrO. The molecule has 0 bridgehead atoms. The highest BCUT2D eigenvalue weighted by molar-refractivity contribution is 9.10. The molecule has 0 fully saturated rings. The number of carbonyl (C=O) groups is 1. The van der Waals surface area contributed by atoms with E-state index < -0.39 is 0 Å². The first kappa shape index (κ1) is 13.4. The summed E-state index contributed by atoms with van der Waals surface area (Å²) >= 11 is 3.39. The lowest BCUT2D eigenvalue weighted by molar-refractivity contribution is 0.0990. The maximum atomic E-state index is 11.9. The molecular weight excluding hydrogens is 264 g/mol. The van der Waals surface area contributed by atoms with Gasteiger partial charge < -0.3 is 0 Å². The number of hydrogen-bond donors (Lipinski definition) is 0. The van der Waals surface area contributed by atoms with Crippen LogP contribution in [0, 0.1) is 0 Å². The third-order valence-electron chi connectivity index (χ3n) is 3.02. The van der Waals surface area contributed by atoms with Crippen LogP contribution < -0.4 is 0 Å². The second-order valence-electron chi connectivity index (χ2n) is 4.17. The van der Waals surface area contributed by atoms with E-state index in [9.17, 15) is 4.79 Å². The Balaban J connectivity index is 2.82. The van der Waals surface area contributed by atoms with Crippen LogP contribution in [-0.4, -0.2) is 10.6 Å². The molecule has 0 saturated carbocycles. The zero-order valence-electron chi connectivity index (χ0n) is 10.2. The minimum Gasteiger partial charge on any atom is -0.293 e. The lowest BCUT2D eigenvalue weighted by Crippen LogP contribution is -2.12. The first-order chi connectivity index (χ1) is 7.60. The van der Waals surface area contributed by atoms with E-state index >= 15 is 0 Å². The van der Waals surface area contributed by atoms with E-state index in [4.69, 9.17) is 0 Å². The molecule has 0 amide bonds. The molecule has 1 rings (SSSR count). The Kier molecular flexibility index (Phi) is 5.20. The van der Waals surface area contributed by atoms with Gasteiger partial charge in [-0.1, -0.05) is 61.0 Å². The van der Waals surface area contributed by atoms with Crippen LogP contribution in [0.15, 0.2) is 24.3 Å². The molecule has 1 aromatic carbocycles. The Morgan fingerprint density at radius 3 is 2.19 bits per heavy atom. The summed E-state index contributed by atoms with van der Waals surface area (Å²) in [5.41, 5.74) is 2.11. The molecule has 0 aliphatic rings. The fourth-order valence-electron chi connectivity index (χ4n) is 1.58. The Bertz CT molecular complexity index is 342. The smallest absolute Gasteiger partial charge is 0.176 e. The van der Waals surface area contributed by atoms with Crippen LogP contribution in [0.1, 0.15) is 55.5 Å². The fourth-order valence-corrected chi connectivity index (χ4v) is 1.84. The average Bonchev–Trinajstić information content (AvgIpc) is 2.36. The summed E-state index contributed by atoms with van der Waals surface area (Å²) in [5.74, 6) is 0.744. The molecule has 0 heterocycles. The zero-order chi connectivity index (χ0) is 12.1. The van der Waals surface area contributed by atoms with Crippen LogP contribution >= 0.6 is 15.9 Å². The van der Waals surface area contributed by atoms with Gasteiger partial charge in [0.2, 0.25) is 0 Å². The van der Waals surface area contributed by atoms with Crippen LogP contribution in [0.5, 0.6) is 0 Å².